The van der Waals surface area contributed by atoms with E-state index in [-0.39, 0.29) is 29.6 Å². The number of carbonyl (C=O) groups excluding carboxylic acids is 4. The highest BCUT2D eigenvalue weighted by Gasteiger charge is 2.29. The Morgan fingerprint density at radius 2 is 1.54 bits per heavy atom. The van der Waals surface area contributed by atoms with Crippen LogP contribution in [0.1, 0.15) is 84.3 Å². The predicted octanol–water partition coefficient (Wildman–Crippen LogP) is 4.67. The van der Waals surface area contributed by atoms with Crippen molar-refractivity contribution in [2.75, 3.05) is 58.7 Å². The van der Waals surface area contributed by atoms with Crippen LogP contribution in [0, 0.1) is 0 Å². The summed E-state index contributed by atoms with van der Waals surface area (Å²) in [6, 6.07) is 0. The van der Waals surface area contributed by atoms with Gasteiger partial charge in [0.15, 0.2) is 0 Å². The van der Waals surface area contributed by atoms with Crippen LogP contribution in [0.3, 0.4) is 0 Å². The number of methoxy groups -OCH3 is 1. The summed E-state index contributed by atoms with van der Waals surface area (Å²) < 4.78 is 3.86. The lowest BCUT2D eigenvalue weighted by Crippen LogP contribution is -2.37. The third-order valence-corrected chi connectivity index (χ3v) is 8.66. The lowest BCUT2D eigenvalue weighted by atomic mass is 10.4. The zero-order valence-electron chi connectivity index (χ0n) is 30.5. The molecule has 3 amide bonds. The van der Waals surface area contributed by atoms with Crippen LogP contribution in [0.25, 0.3) is 10.7 Å². The normalized spacial score (nSPS) is 15.0. The summed E-state index contributed by atoms with van der Waals surface area (Å²) in [7, 11) is 3.11. The van der Waals surface area contributed by atoms with Gasteiger partial charge >= 0.3 is 0 Å². The number of likely N-dealkylation sites (N-methyl/N-ethyl adjacent to an activating group) is 1. The van der Waals surface area contributed by atoms with Crippen LogP contribution >= 0.6 is 23.1 Å². The SMILES string of the molecule is CC(=O)NCC(=O)N1CCCC1.CCC.CCC.CNCC(=O)N1CCCC1.COC=O.c1c[nH]c(C2Nc3sc(-c4cnc[nH]4)nc3S2)n1. The van der Waals surface area contributed by atoms with Crippen molar-refractivity contribution in [3.05, 3.63) is 30.7 Å². The average molecular weight is 737 g/mol. The van der Waals surface area contributed by atoms with Gasteiger partial charge in [-0.3, -0.25) is 19.2 Å². The van der Waals surface area contributed by atoms with Crippen molar-refractivity contribution in [2.45, 2.75) is 83.5 Å². The van der Waals surface area contributed by atoms with E-state index in [4.69, 9.17) is 4.79 Å². The first-order valence-corrected chi connectivity index (χ1v) is 18.7. The number of thiazole rings is 1. The monoisotopic (exact) mass is 736 g/mol. The van der Waals surface area contributed by atoms with Gasteiger partial charge in [-0.05, 0) is 32.7 Å². The molecule has 3 aromatic rings. The Morgan fingerprint density at radius 3 is 1.96 bits per heavy atom. The molecule has 6 rings (SSSR count). The molecule has 0 saturated carbocycles. The van der Waals surface area contributed by atoms with E-state index in [1.807, 2.05) is 11.1 Å². The van der Waals surface area contributed by atoms with Crippen molar-refractivity contribution in [3.8, 4) is 10.7 Å². The fourth-order valence-corrected chi connectivity index (χ4v) is 6.49. The number of rotatable bonds is 7. The third-order valence-electron chi connectivity index (χ3n) is 6.41. The van der Waals surface area contributed by atoms with E-state index in [2.05, 4.69) is 73.3 Å². The number of anilines is 1. The Kier molecular flexibility index (Phi) is 23.7. The first-order valence-electron chi connectivity index (χ1n) is 17.0. The van der Waals surface area contributed by atoms with Gasteiger partial charge in [-0.1, -0.05) is 63.6 Å². The third kappa shape index (κ3) is 17.1. The number of hydrogen-bond donors (Lipinski definition) is 5. The first-order chi connectivity index (χ1) is 24.2. The van der Waals surface area contributed by atoms with E-state index >= 15 is 0 Å². The molecule has 280 valence electrons. The molecule has 0 aliphatic carbocycles. The summed E-state index contributed by atoms with van der Waals surface area (Å²) >= 11 is 3.30. The lowest BCUT2D eigenvalue weighted by Gasteiger charge is -2.14. The quantitative estimate of drug-likeness (QED) is 0.212. The van der Waals surface area contributed by atoms with Crippen molar-refractivity contribution in [1.82, 2.24) is 45.4 Å². The van der Waals surface area contributed by atoms with Gasteiger partial charge < -0.3 is 40.5 Å². The molecule has 1 atom stereocenters. The minimum absolute atomic E-state index is 0.0303. The standard InChI is InChI=1S/C10H8N6S2.C8H14N2O2.C7H14N2O.2C3H8.C2H4O2/c1-2-13-6(12-1)8-16-10-9(18-8)15-7(17-10)5-3-11-4-14-5;1-7(11)9-6-8(12)10-4-2-3-5-10;1-8-6-7(10)9-4-2-3-5-9;2*1-3-2;1-4-2-3/h1-4,8,16H,(H,11,14)(H,12,13);2-6H2,1H3,(H,9,11);8H,2-6H2,1H3;2*3H2,1-2H3;2H,1H3. The van der Waals surface area contributed by atoms with E-state index in [1.54, 1.807) is 53.8 Å². The van der Waals surface area contributed by atoms with Gasteiger partial charge in [-0.15, -0.1) is 0 Å². The molecule has 2 saturated heterocycles. The number of carbonyl (C=O) groups is 4. The fraction of sp³-hybridized carbons (Fsp3) is 0.606. The van der Waals surface area contributed by atoms with Crippen LogP contribution < -0.4 is 16.0 Å². The molecule has 0 spiro atoms. The summed E-state index contributed by atoms with van der Waals surface area (Å²) in [6.45, 7) is 14.5. The second-order valence-electron chi connectivity index (χ2n) is 11.1. The van der Waals surface area contributed by atoms with E-state index < -0.39 is 0 Å². The van der Waals surface area contributed by atoms with E-state index in [9.17, 15) is 14.4 Å². The van der Waals surface area contributed by atoms with Crippen LogP contribution in [0.4, 0.5) is 5.00 Å². The molecule has 2 fully saturated rings. The molecule has 0 radical (unpaired) electrons. The van der Waals surface area contributed by atoms with Crippen molar-refractivity contribution in [2.24, 2.45) is 0 Å². The van der Waals surface area contributed by atoms with Crippen LogP contribution in [0.5, 0.6) is 0 Å². The lowest BCUT2D eigenvalue weighted by molar-refractivity contribution is -0.131. The number of ether oxygens (including phenoxy) is 1. The van der Waals surface area contributed by atoms with Gasteiger partial charge in [0.05, 0.1) is 38.4 Å². The zero-order valence-corrected chi connectivity index (χ0v) is 32.2. The van der Waals surface area contributed by atoms with Crippen molar-refractivity contribution in [1.29, 1.82) is 0 Å². The van der Waals surface area contributed by atoms with Crippen LogP contribution in [-0.4, -0.2) is 112 Å². The number of fused-ring (bicyclic) bond motifs is 1. The molecule has 3 aliphatic rings. The van der Waals surface area contributed by atoms with Gasteiger partial charge in [0.25, 0.3) is 6.47 Å². The molecule has 0 bridgehead atoms. The minimum Gasteiger partial charge on any atom is -0.471 e. The summed E-state index contributed by atoms with van der Waals surface area (Å²) in [4.78, 5) is 64.5. The Hall–Kier alpha value is -3.96. The molecule has 17 heteroatoms. The Labute approximate surface area is 304 Å². The first kappa shape index (κ1) is 44.1. The molecule has 1 unspecified atom stereocenters. The summed E-state index contributed by atoms with van der Waals surface area (Å²) in [5, 5.41) is 11.9. The largest absolute Gasteiger partial charge is 0.471 e. The molecule has 50 heavy (non-hydrogen) atoms. The molecular weight excluding hydrogens is 681 g/mol. The smallest absolute Gasteiger partial charge is 0.292 e. The van der Waals surface area contributed by atoms with E-state index in [0.29, 0.717) is 13.0 Å². The number of H-pyrrole nitrogens is 2. The summed E-state index contributed by atoms with van der Waals surface area (Å²) in [6.07, 6.45) is 14.1. The molecule has 3 aliphatic heterocycles. The molecule has 5 N–H and O–H groups in total. The highest BCUT2D eigenvalue weighted by atomic mass is 32.2. The molecule has 15 nitrogen and oxygen atoms in total. The van der Waals surface area contributed by atoms with E-state index in [0.717, 1.165) is 65.6 Å². The van der Waals surface area contributed by atoms with Crippen molar-refractivity contribution < 1.29 is 23.9 Å². The molecule has 6 heterocycles. The molecule has 0 aromatic carbocycles. The van der Waals surface area contributed by atoms with Gasteiger partial charge in [0, 0.05) is 45.5 Å². The number of likely N-dealkylation sites (tertiary alicyclic amines) is 2. The maximum Gasteiger partial charge on any atom is 0.292 e. The van der Waals surface area contributed by atoms with E-state index in [1.165, 1.54) is 39.7 Å². The summed E-state index contributed by atoms with van der Waals surface area (Å²) in [5.74, 6) is 1.04. The Morgan fingerprint density at radius 1 is 0.980 bits per heavy atom. The van der Waals surface area contributed by atoms with Crippen LogP contribution in [-0.2, 0) is 23.9 Å². The van der Waals surface area contributed by atoms with Gasteiger partial charge in [0.2, 0.25) is 17.7 Å². The molecular formula is C33H56N10O5S2. The van der Waals surface area contributed by atoms with Gasteiger partial charge in [-0.2, -0.15) is 0 Å². The van der Waals surface area contributed by atoms with Gasteiger partial charge in [-0.25, -0.2) is 15.0 Å². The fourth-order valence-electron chi connectivity index (χ4n) is 4.28. The maximum absolute atomic E-state index is 11.3. The topological polar surface area (TPSA) is 190 Å². The van der Waals surface area contributed by atoms with Crippen molar-refractivity contribution >= 4 is 52.3 Å². The zero-order chi connectivity index (χ0) is 37.1. The maximum atomic E-state index is 11.3. The van der Waals surface area contributed by atoms with Gasteiger partial charge in [0.1, 0.15) is 26.2 Å². The number of imidazole rings is 2. The number of nitrogens with zero attached hydrogens (tertiary/aromatic N) is 5. The predicted molar refractivity (Wildman–Crippen MR) is 200 cm³/mol. The average Bonchev–Trinajstić information content (AvgIpc) is 3.95. The highest BCUT2D eigenvalue weighted by Crippen LogP contribution is 2.49. The number of nitrogens with one attached hydrogen (secondary N) is 5. The second-order valence-corrected chi connectivity index (χ2v) is 13.2. The number of thioether (sulfide) groups is 1. The van der Waals surface area contributed by atoms with Crippen LogP contribution in [0.2, 0.25) is 0 Å². The Bertz CT molecular complexity index is 1300. The summed E-state index contributed by atoms with van der Waals surface area (Å²) in [5.41, 5.74) is 0.950. The highest BCUT2D eigenvalue weighted by molar-refractivity contribution is 8.00. The number of aromatic amines is 2. The minimum atomic E-state index is -0.150. The van der Waals surface area contributed by atoms with Crippen LogP contribution in [0.15, 0.2) is 29.9 Å². The number of aromatic nitrogens is 5. The van der Waals surface area contributed by atoms with Crippen molar-refractivity contribution in [3.63, 3.8) is 0 Å². The second kappa shape index (κ2) is 26.8. The number of hydrogen-bond acceptors (Lipinski definition) is 12. The molecule has 3 aromatic heterocycles. The number of amides is 3. The Balaban J connectivity index is 0.000000343.